The van der Waals surface area contributed by atoms with E-state index in [0.29, 0.717) is 12.1 Å². The van der Waals surface area contributed by atoms with Gasteiger partial charge >= 0.3 is 12.4 Å². The number of benzene rings is 1. The minimum atomic E-state index is -5.02. The van der Waals surface area contributed by atoms with Gasteiger partial charge in [-0.1, -0.05) is 0 Å². The Morgan fingerprint density at radius 3 is 1.88 bits per heavy atom. The van der Waals surface area contributed by atoms with Crippen molar-refractivity contribution in [3.63, 3.8) is 0 Å². The van der Waals surface area contributed by atoms with E-state index in [9.17, 15) is 31.1 Å². The smallest absolute Gasteiger partial charge is 0.285 e. The number of hydrogen-bond donors (Lipinski definition) is 0. The summed E-state index contributed by atoms with van der Waals surface area (Å²) in [6.07, 6.45) is -8.96. The van der Waals surface area contributed by atoms with Gasteiger partial charge in [0.2, 0.25) is 6.29 Å². The van der Waals surface area contributed by atoms with Gasteiger partial charge in [0.15, 0.2) is 0 Å². The van der Waals surface area contributed by atoms with Crippen molar-refractivity contribution in [2.24, 2.45) is 0 Å². The summed E-state index contributed by atoms with van der Waals surface area (Å²) in [7, 11) is 0. The van der Waals surface area contributed by atoms with E-state index in [0.717, 1.165) is 6.29 Å². The summed E-state index contributed by atoms with van der Waals surface area (Å²) >= 11 is 0. The van der Waals surface area contributed by atoms with E-state index in [1.807, 2.05) is 0 Å². The first-order valence-corrected chi connectivity index (χ1v) is 3.83. The Morgan fingerprint density at radius 2 is 1.50 bits per heavy atom. The van der Waals surface area contributed by atoms with Crippen LogP contribution in [0, 0.1) is 0 Å². The number of rotatable bonds is 1. The van der Waals surface area contributed by atoms with Gasteiger partial charge in [0.1, 0.15) is 0 Å². The van der Waals surface area contributed by atoms with Gasteiger partial charge in [0, 0.05) is 5.56 Å². The maximum Gasteiger partial charge on any atom is 0.417 e. The van der Waals surface area contributed by atoms with E-state index in [1.165, 1.54) is 0 Å². The highest BCUT2D eigenvalue weighted by Crippen LogP contribution is 2.36. The predicted molar refractivity (Wildman–Crippen MR) is 41.2 cm³/mol. The van der Waals surface area contributed by atoms with Gasteiger partial charge in [-0.3, -0.25) is 4.79 Å². The molecular formula is C9H3F6O. The molecule has 1 aromatic rings. The topological polar surface area (TPSA) is 17.1 Å². The molecule has 1 radical (unpaired) electrons. The molecule has 0 heterocycles. The fraction of sp³-hybridized carbons (Fsp3) is 0.222. The molecule has 0 aliphatic carbocycles. The van der Waals surface area contributed by atoms with Crippen molar-refractivity contribution in [3.05, 3.63) is 34.9 Å². The lowest BCUT2D eigenvalue weighted by molar-refractivity contribution is -0.143. The van der Waals surface area contributed by atoms with Gasteiger partial charge in [-0.25, -0.2) is 0 Å². The van der Waals surface area contributed by atoms with Crippen molar-refractivity contribution in [3.8, 4) is 0 Å². The Morgan fingerprint density at radius 1 is 0.938 bits per heavy atom. The van der Waals surface area contributed by atoms with E-state index >= 15 is 0 Å². The second kappa shape index (κ2) is 3.80. The van der Waals surface area contributed by atoms with Crippen LogP contribution in [0.5, 0.6) is 0 Å². The molecule has 0 N–H and O–H groups in total. The largest absolute Gasteiger partial charge is 0.417 e. The summed E-state index contributed by atoms with van der Waals surface area (Å²) < 4.78 is 73.1. The van der Waals surface area contributed by atoms with Gasteiger partial charge < -0.3 is 0 Å². The van der Waals surface area contributed by atoms with E-state index in [2.05, 4.69) is 0 Å². The first-order valence-electron chi connectivity index (χ1n) is 3.83. The SMILES string of the molecule is O=[C]c1ccc(C(F)(F)F)cc1C(F)(F)F. The highest BCUT2D eigenvalue weighted by molar-refractivity contribution is 5.78. The van der Waals surface area contributed by atoms with Gasteiger partial charge in [0.05, 0.1) is 11.1 Å². The predicted octanol–water partition coefficient (Wildman–Crippen LogP) is 3.18. The molecule has 0 atom stereocenters. The van der Waals surface area contributed by atoms with Crippen LogP contribution in [0.25, 0.3) is 0 Å². The number of hydrogen-bond acceptors (Lipinski definition) is 1. The molecule has 7 heteroatoms. The summed E-state index contributed by atoms with van der Waals surface area (Å²) in [5.74, 6) is 0. The van der Waals surface area contributed by atoms with Gasteiger partial charge in [-0.15, -0.1) is 0 Å². The van der Waals surface area contributed by atoms with Crippen LogP contribution >= 0.6 is 0 Å². The standard InChI is InChI=1S/C9H3F6O/c10-8(11,12)6-2-1-5(4-16)7(3-6)9(13,14)15/h1-3H. The molecular weight excluding hydrogens is 238 g/mol. The molecule has 0 aliphatic heterocycles. The average molecular weight is 241 g/mol. The lowest BCUT2D eigenvalue weighted by Crippen LogP contribution is -2.13. The zero-order valence-electron chi connectivity index (χ0n) is 7.41. The fourth-order valence-electron chi connectivity index (χ4n) is 1.04. The molecule has 1 aromatic carbocycles. The van der Waals surface area contributed by atoms with E-state index in [1.54, 1.807) is 0 Å². The highest BCUT2D eigenvalue weighted by Gasteiger charge is 2.38. The summed E-state index contributed by atoms with van der Waals surface area (Å²) in [6.45, 7) is 0. The molecule has 0 fully saturated rings. The van der Waals surface area contributed by atoms with Crippen LogP contribution in [-0.4, -0.2) is 6.29 Å². The van der Waals surface area contributed by atoms with Gasteiger partial charge in [-0.2, -0.15) is 26.3 Å². The third-order valence-corrected chi connectivity index (χ3v) is 1.76. The summed E-state index contributed by atoms with van der Waals surface area (Å²) in [5.41, 5.74) is -4.04. The van der Waals surface area contributed by atoms with Crippen molar-refractivity contribution in [1.29, 1.82) is 0 Å². The molecule has 16 heavy (non-hydrogen) atoms. The lowest BCUT2D eigenvalue weighted by Gasteiger charge is -2.12. The van der Waals surface area contributed by atoms with Crippen LogP contribution in [-0.2, 0) is 17.1 Å². The zero-order valence-corrected chi connectivity index (χ0v) is 7.41. The highest BCUT2D eigenvalue weighted by atomic mass is 19.4. The number of carbonyl (C=O) groups excluding carboxylic acids is 1. The first kappa shape index (κ1) is 12.5. The molecule has 0 unspecified atom stereocenters. The molecule has 1 rings (SSSR count). The summed E-state index contributed by atoms with van der Waals surface area (Å²) in [6, 6.07) is 0.731. The van der Waals surface area contributed by atoms with Crippen molar-refractivity contribution in [2.75, 3.05) is 0 Å². The van der Waals surface area contributed by atoms with Crippen molar-refractivity contribution in [2.45, 2.75) is 12.4 Å². The van der Waals surface area contributed by atoms with Crippen molar-refractivity contribution in [1.82, 2.24) is 0 Å². The third-order valence-electron chi connectivity index (χ3n) is 1.76. The Balaban J connectivity index is 3.39. The van der Waals surface area contributed by atoms with Crippen LogP contribution in [0.2, 0.25) is 0 Å². The van der Waals surface area contributed by atoms with E-state index in [-0.39, 0.29) is 6.07 Å². The average Bonchev–Trinajstić information content (AvgIpc) is 2.14. The van der Waals surface area contributed by atoms with Gasteiger partial charge in [-0.05, 0) is 18.2 Å². The molecule has 87 valence electrons. The molecule has 0 aliphatic rings. The normalized spacial score (nSPS) is 12.6. The van der Waals surface area contributed by atoms with Crippen LogP contribution < -0.4 is 0 Å². The second-order valence-corrected chi connectivity index (χ2v) is 2.86. The number of alkyl halides is 6. The fourth-order valence-corrected chi connectivity index (χ4v) is 1.04. The maximum atomic E-state index is 12.3. The first-order chi connectivity index (χ1) is 7.16. The zero-order chi connectivity index (χ0) is 12.6. The van der Waals surface area contributed by atoms with E-state index in [4.69, 9.17) is 0 Å². The molecule has 1 nitrogen and oxygen atoms in total. The minimum Gasteiger partial charge on any atom is -0.285 e. The second-order valence-electron chi connectivity index (χ2n) is 2.86. The molecule has 0 amide bonds. The Kier molecular flexibility index (Phi) is 2.98. The molecule has 0 bridgehead atoms. The van der Waals surface area contributed by atoms with Crippen LogP contribution in [0.1, 0.15) is 16.7 Å². The Hall–Kier alpha value is -1.53. The van der Waals surface area contributed by atoms with E-state index < -0.39 is 29.0 Å². The monoisotopic (exact) mass is 241 g/mol. The van der Waals surface area contributed by atoms with Crippen LogP contribution in [0.3, 0.4) is 0 Å². The molecule has 0 saturated heterocycles. The number of halogens is 6. The molecule has 0 aromatic heterocycles. The third kappa shape index (κ3) is 2.53. The Bertz CT molecular complexity index is 403. The quantitative estimate of drug-likeness (QED) is 0.690. The maximum absolute atomic E-state index is 12.3. The molecule has 0 spiro atoms. The van der Waals surface area contributed by atoms with Crippen molar-refractivity contribution < 1.29 is 31.1 Å². The van der Waals surface area contributed by atoms with Crippen molar-refractivity contribution >= 4 is 6.29 Å². The molecule has 0 saturated carbocycles. The lowest BCUT2D eigenvalue weighted by atomic mass is 10.0. The van der Waals surface area contributed by atoms with Gasteiger partial charge in [0.25, 0.3) is 0 Å². The summed E-state index contributed by atoms with van der Waals surface area (Å²) in [4.78, 5) is 10.1. The summed E-state index contributed by atoms with van der Waals surface area (Å²) in [5, 5.41) is 0. The van der Waals surface area contributed by atoms with Crippen LogP contribution in [0.15, 0.2) is 18.2 Å². The van der Waals surface area contributed by atoms with Crippen LogP contribution in [0.4, 0.5) is 26.3 Å². The minimum absolute atomic E-state index is 0.111. The Labute approximate surface area is 85.7 Å².